The van der Waals surface area contributed by atoms with Crippen LogP contribution in [0.15, 0.2) is 35.9 Å². The number of ether oxygens (including phenoxy) is 1. The van der Waals surface area contributed by atoms with Gasteiger partial charge < -0.3 is 10.1 Å². The van der Waals surface area contributed by atoms with Crippen LogP contribution in [0, 0.1) is 37.5 Å². The number of anilines is 1. The van der Waals surface area contributed by atoms with E-state index in [1.54, 1.807) is 18.2 Å². The van der Waals surface area contributed by atoms with Crippen molar-refractivity contribution in [3.63, 3.8) is 0 Å². The van der Waals surface area contributed by atoms with Crippen molar-refractivity contribution in [1.29, 1.82) is 5.26 Å². The van der Waals surface area contributed by atoms with Gasteiger partial charge in [0.1, 0.15) is 18.2 Å². The molecule has 27 heavy (non-hydrogen) atoms. The van der Waals surface area contributed by atoms with Gasteiger partial charge in [0.25, 0.3) is 5.91 Å². The van der Waals surface area contributed by atoms with E-state index in [-0.39, 0.29) is 28.0 Å². The van der Waals surface area contributed by atoms with Crippen molar-refractivity contribution in [3.8, 4) is 24.2 Å². The van der Waals surface area contributed by atoms with Gasteiger partial charge in [-0.25, -0.2) is 0 Å². The van der Waals surface area contributed by atoms with Crippen LogP contribution in [0.3, 0.4) is 0 Å². The van der Waals surface area contributed by atoms with Crippen LogP contribution < -0.4 is 10.1 Å². The van der Waals surface area contributed by atoms with Gasteiger partial charge in [0.15, 0.2) is 5.75 Å². The Hall–Kier alpha value is -2.92. The van der Waals surface area contributed by atoms with Crippen LogP contribution >= 0.6 is 23.2 Å². The molecule has 0 aliphatic heterocycles. The number of carbonyl (C=O) groups is 1. The topological polar surface area (TPSA) is 62.1 Å². The zero-order valence-electron chi connectivity index (χ0n) is 14.8. The zero-order chi connectivity index (χ0) is 20.0. The molecule has 0 aliphatic carbocycles. The Morgan fingerprint density at radius 2 is 1.89 bits per heavy atom. The maximum absolute atomic E-state index is 12.4. The molecule has 1 amide bonds. The Morgan fingerprint density at radius 3 is 2.44 bits per heavy atom. The molecular weight excluding hydrogens is 383 g/mol. The van der Waals surface area contributed by atoms with E-state index in [0.717, 1.165) is 11.1 Å². The maximum atomic E-state index is 12.4. The number of nitriles is 1. The molecule has 0 aliphatic rings. The van der Waals surface area contributed by atoms with Gasteiger partial charge in [0.2, 0.25) is 0 Å². The molecular formula is C21H16Cl2N2O2. The number of rotatable bonds is 5. The molecule has 0 saturated heterocycles. The first kappa shape index (κ1) is 20.4. The van der Waals surface area contributed by atoms with Crippen molar-refractivity contribution >= 4 is 40.9 Å². The minimum Gasteiger partial charge on any atom is -0.478 e. The van der Waals surface area contributed by atoms with E-state index in [9.17, 15) is 10.1 Å². The van der Waals surface area contributed by atoms with Gasteiger partial charge in [-0.05, 0) is 60.9 Å². The smallest absolute Gasteiger partial charge is 0.266 e. The molecule has 0 heterocycles. The Labute approximate surface area is 168 Å². The van der Waals surface area contributed by atoms with Crippen molar-refractivity contribution < 1.29 is 9.53 Å². The molecule has 0 saturated carbocycles. The summed E-state index contributed by atoms with van der Waals surface area (Å²) in [7, 11) is 0. The molecule has 0 radical (unpaired) electrons. The van der Waals surface area contributed by atoms with E-state index in [0.29, 0.717) is 11.3 Å². The molecule has 2 rings (SSSR count). The largest absolute Gasteiger partial charge is 0.478 e. The van der Waals surface area contributed by atoms with Gasteiger partial charge in [0.05, 0.1) is 10.0 Å². The number of halogens is 2. The monoisotopic (exact) mass is 398 g/mol. The van der Waals surface area contributed by atoms with E-state index in [1.165, 1.54) is 6.08 Å². The number of carbonyl (C=O) groups excluding carboxylic acids is 1. The molecule has 2 aromatic carbocycles. The number of benzene rings is 2. The highest BCUT2D eigenvalue weighted by Crippen LogP contribution is 2.34. The Bertz CT molecular complexity index is 975. The Balaban J connectivity index is 2.27. The van der Waals surface area contributed by atoms with Crippen molar-refractivity contribution in [2.24, 2.45) is 0 Å². The summed E-state index contributed by atoms with van der Waals surface area (Å²) in [5.74, 6) is 2.05. The number of aryl methyl sites for hydroxylation is 2. The summed E-state index contributed by atoms with van der Waals surface area (Å²) in [6, 6.07) is 10.5. The van der Waals surface area contributed by atoms with Crippen LogP contribution in [0.2, 0.25) is 10.0 Å². The normalized spacial score (nSPS) is 10.7. The molecule has 0 unspecified atom stereocenters. The highest BCUT2D eigenvalue weighted by atomic mass is 35.5. The first-order valence-electron chi connectivity index (χ1n) is 7.91. The summed E-state index contributed by atoms with van der Waals surface area (Å²) < 4.78 is 5.29. The van der Waals surface area contributed by atoms with Gasteiger partial charge in [0, 0.05) is 5.69 Å². The molecule has 0 bridgehead atoms. The zero-order valence-corrected chi connectivity index (χ0v) is 16.3. The molecule has 1 N–H and O–H groups in total. The van der Waals surface area contributed by atoms with Crippen LogP contribution in [-0.2, 0) is 4.79 Å². The Kier molecular flexibility index (Phi) is 6.91. The molecule has 4 nitrogen and oxygen atoms in total. The first-order chi connectivity index (χ1) is 12.8. The fourth-order valence-electron chi connectivity index (χ4n) is 2.25. The van der Waals surface area contributed by atoms with E-state index in [2.05, 4.69) is 11.2 Å². The summed E-state index contributed by atoms with van der Waals surface area (Å²) in [4.78, 5) is 12.4. The first-order valence-corrected chi connectivity index (χ1v) is 8.67. The summed E-state index contributed by atoms with van der Waals surface area (Å²) in [5, 5.41) is 12.5. The lowest BCUT2D eigenvalue weighted by atomic mass is 10.1. The van der Waals surface area contributed by atoms with Crippen LogP contribution in [-0.4, -0.2) is 12.5 Å². The van der Waals surface area contributed by atoms with Gasteiger partial charge >= 0.3 is 0 Å². The van der Waals surface area contributed by atoms with Crippen LogP contribution in [0.4, 0.5) is 5.69 Å². The maximum Gasteiger partial charge on any atom is 0.266 e. The van der Waals surface area contributed by atoms with Crippen molar-refractivity contribution in [2.75, 3.05) is 11.9 Å². The van der Waals surface area contributed by atoms with Crippen LogP contribution in [0.5, 0.6) is 5.75 Å². The van der Waals surface area contributed by atoms with Gasteiger partial charge in [-0.1, -0.05) is 35.2 Å². The fraction of sp³-hybridized carbons (Fsp3) is 0.143. The predicted molar refractivity (Wildman–Crippen MR) is 109 cm³/mol. The molecule has 0 aromatic heterocycles. The summed E-state index contributed by atoms with van der Waals surface area (Å²) in [6.07, 6.45) is 6.56. The minimum absolute atomic E-state index is 0.0243. The predicted octanol–water partition coefficient (Wildman–Crippen LogP) is 5.17. The minimum atomic E-state index is -0.527. The van der Waals surface area contributed by atoms with Gasteiger partial charge in [-0.3, -0.25) is 4.79 Å². The highest BCUT2D eigenvalue weighted by molar-refractivity contribution is 6.37. The lowest BCUT2D eigenvalue weighted by molar-refractivity contribution is -0.112. The number of nitrogens with zero attached hydrogens (tertiary/aromatic N) is 1. The number of nitrogens with one attached hydrogen (secondary N) is 1. The lowest BCUT2D eigenvalue weighted by Gasteiger charge is -2.09. The van der Waals surface area contributed by atoms with E-state index in [1.807, 2.05) is 32.0 Å². The summed E-state index contributed by atoms with van der Waals surface area (Å²) >= 11 is 12.3. The number of hydrogen-bond acceptors (Lipinski definition) is 3. The lowest BCUT2D eigenvalue weighted by Crippen LogP contribution is -2.13. The third kappa shape index (κ3) is 5.28. The molecule has 6 heteroatoms. The second kappa shape index (κ2) is 9.14. The van der Waals surface area contributed by atoms with E-state index >= 15 is 0 Å². The van der Waals surface area contributed by atoms with Crippen LogP contribution in [0.25, 0.3) is 6.08 Å². The highest BCUT2D eigenvalue weighted by Gasteiger charge is 2.13. The van der Waals surface area contributed by atoms with E-state index < -0.39 is 5.91 Å². The molecule has 0 fully saturated rings. The van der Waals surface area contributed by atoms with Gasteiger partial charge in [-0.15, -0.1) is 6.42 Å². The summed E-state index contributed by atoms with van der Waals surface area (Å²) in [5.41, 5.74) is 3.16. The third-order valence-electron chi connectivity index (χ3n) is 3.76. The number of terminal acetylenes is 1. The molecule has 2 aromatic rings. The molecule has 136 valence electrons. The van der Waals surface area contributed by atoms with E-state index in [4.69, 9.17) is 34.4 Å². The third-order valence-corrected chi connectivity index (χ3v) is 4.32. The van der Waals surface area contributed by atoms with Gasteiger partial charge in [-0.2, -0.15) is 5.26 Å². The fourth-order valence-corrected chi connectivity index (χ4v) is 2.86. The quantitative estimate of drug-likeness (QED) is 0.429. The summed E-state index contributed by atoms with van der Waals surface area (Å²) in [6.45, 7) is 3.95. The molecule has 0 spiro atoms. The second-order valence-electron chi connectivity index (χ2n) is 5.73. The van der Waals surface area contributed by atoms with Crippen LogP contribution in [0.1, 0.15) is 16.7 Å². The second-order valence-corrected chi connectivity index (χ2v) is 6.54. The standard InChI is InChI=1S/C21H16Cl2N2O2/c1-4-7-27-20-18(22)10-15(11-19(20)23)9-16(12-24)21(26)25-17-6-5-13(2)14(3)8-17/h1,5-6,8-11H,7H2,2-3H3,(H,25,26)/b16-9+. The molecule has 0 atom stereocenters. The average molecular weight is 399 g/mol. The van der Waals surface area contributed by atoms with Crippen molar-refractivity contribution in [2.45, 2.75) is 13.8 Å². The van der Waals surface area contributed by atoms with Crippen molar-refractivity contribution in [3.05, 3.63) is 62.6 Å². The SMILES string of the molecule is C#CCOc1c(Cl)cc(/C=C(\C#N)C(=O)Nc2ccc(C)c(C)c2)cc1Cl. The number of hydrogen-bond donors (Lipinski definition) is 1. The number of amides is 1. The average Bonchev–Trinajstić information content (AvgIpc) is 2.62. The van der Waals surface area contributed by atoms with Crippen molar-refractivity contribution in [1.82, 2.24) is 0 Å². The Morgan fingerprint density at radius 1 is 1.22 bits per heavy atom.